The van der Waals surface area contributed by atoms with E-state index in [9.17, 15) is 5.11 Å². The molecule has 2 N–H and O–H groups in total. The third-order valence-corrected chi connectivity index (χ3v) is 2.21. The molecule has 13 heavy (non-hydrogen) atoms. The summed E-state index contributed by atoms with van der Waals surface area (Å²) in [7, 11) is 0. The first kappa shape index (κ1) is 8.69. The Morgan fingerprint density at radius 2 is 2.08 bits per heavy atom. The summed E-state index contributed by atoms with van der Waals surface area (Å²) in [5.41, 5.74) is 4.06. The van der Waals surface area contributed by atoms with E-state index in [2.05, 4.69) is 5.48 Å². The molecule has 0 saturated carbocycles. The van der Waals surface area contributed by atoms with Crippen LogP contribution in [0.5, 0.6) is 0 Å². The highest BCUT2D eigenvalue weighted by molar-refractivity contribution is 5.18. The van der Waals surface area contributed by atoms with Gasteiger partial charge in [0.05, 0.1) is 18.8 Å². The molecule has 0 spiro atoms. The lowest BCUT2D eigenvalue weighted by molar-refractivity contribution is -0.0840. The molecule has 0 unspecified atom stereocenters. The molecule has 0 aliphatic carbocycles. The van der Waals surface area contributed by atoms with E-state index in [-0.39, 0.29) is 12.1 Å². The summed E-state index contributed by atoms with van der Waals surface area (Å²) in [6.45, 7) is 0.378. The van der Waals surface area contributed by atoms with Crippen LogP contribution in [0.4, 0.5) is 0 Å². The highest BCUT2D eigenvalue weighted by Gasteiger charge is 2.21. The normalized spacial score (nSPS) is 28.7. The van der Waals surface area contributed by atoms with Crippen LogP contribution in [0.15, 0.2) is 30.3 Å². The molecule has 0 bridgehead atoms. The van der Waals surface area contributed by atoms with Crippen molar-refractivity contribution >= 4 is 0 Å². The van der Waals surface area contributed by atoms with Gasteiger partial charge in [-0.2, -0.15) is 5.48 Å². The first-order valence-corrected chi connectivity index (χ1v) is 4.46. The fraction of sp³-hybridized carbons (Fsp3) is 0.400. The average molecular weight is 179 g/mol. The monoisotopic (exact) mass is 179 g/mol. The minimum Gasteiger partial charge on any atom is -0.391 e. The molecule has 1 heterocycles. The number of nitrogens with one attached hydrogen (secondary N) is 1. The van der Waals surface area contributed by atoms with Gasteiger partial charge in [-0.1, -0.05) is 30.3 Å². The van der Waals surface area contributed by atoms with Crippen LogP contribution >= 0.6 is 0 Å². The number of aliphatic hydroxyl groups is 1. The molecule has 1 aliphatic rings. The van der Waals surface area contributed by atoms with Gasteiger partial charge in [-0.05, 0) is 12.0 Å². The Morgan fingerprint density at radius 1 is 1.31 bits per heavy atom. The standard InChI is InChI=1S/C10H13NO2/c12-9-6-10(11-13-7-9)8-4-2-1-3-5-8/h1-5,9-12H,6-7H2/t9-,10-/m1/s1. The van der Waals surface area contributed by atoms with Gasteiger partial charge >= 0.3 is 0 Å². The van der Waals surface area contributed by atoms with E-state index in [1.807, 2.05) is 30.3 Å². The molecule has 3 heteroatoms. The maximum atomic E-state index is 9.38. The Kier molecular flexibility index (Phi) is 2.59. The van der Waals surface area contributed by atoms with E-state index in [1.165, 1.54) is 0 Å². The highest BCUT2D eigenvalue weighted by atomic mass is 16.7. The quantitative estimate of drug-likeness (QED) is 0.676. The Hall–Kier alpha value is -0.900. The zero-order valence-electron chi connectivity index (χ0n) is 7.31. The van der Waals surface area contributed by atoms with Gasteiger partial charge in [-0.25, -0.2) is 0 Å². The average Bonchev–Trinajstić information content (AvgIpc) is 2.19. The molecule has 1 aromatic carbocycles. The van der Waals surface area contributed by atoms with Gasteiger partial charge in [-0.15, -0.1) is 0 Å². The number of benzene rings is 1. The third kappa shape index (κ3) is 2.06. The number of hydroxylamine groups is 1. The minimum absolute atomic E-state index is 0.116. The molecule has 1 saturated heterocycles. The smallest absolute Gasteiger partial charge is 0.0942 e. The molecule has 1 fully saturated rings. The van der Waals surface area contributed by atoms with Crippen LogP contribution in [0.1, 0.15) is 18.0 Å². The van der Waals surface area contributed by atoms with Crippen molar-refractivity contribution in [3.8, 4) is 0 Å². The summed E-state index contributed by atoms with van der Waals surface area (Å²) >= 11 is 0. The van der Waals surface area contributed by atoms with Crippen molar-refractivity contribution in [2.45, 2.75) is 18.6 Å². The van der Waals surface area contributed by atoms with Gasteiger partial charge in [0.15, 0.2) is 0 Å². The molecule has 1 aromatic rings. The Morgan fingerprint density at radius 3 is 2.77 bits per heavy atom. The van der Waals surface area contributed by atoms with Gasteiger partial charge in [0.1, 0.15) is 0 Å². The summed E-state index contributed by atoms with van der Waals surface area (Å²) in [6.07, 6.45) is 0.357. The topological polar surface area (TPSA) is 41.5 Å². The van der Waals surface area contributed by atoms with Crippen molar-refractivity contribution in [1.82, 2.24) is 5.48 Å². The highest BCUT2D eigenvalue weighted by Crippen LogP contribution is 2.21. The fourth-order valence-corrected chi connectivity index (χ4v) is 1.52. The Bertz CT molecular complexity index is 263. The molecular formula is C10H13NO2. The molecule has 1 aliphatic heterocycles. The number of hydrogen-bond acceptors (Lipinski definition) is 3. The molecule has 3 nitrogen and oxygen atoms in total. The van der Waals surface area contributed by atoms with Crippen LogP contribution in [-0.2, 0) is 4.84 Å². The number of rotatable bonds is 1. The van der Waals surface area contributed by atoms with Gasteiger partial charge in [-0.3, -0.25) is 4.84 Å². The van der Waals surface area contributed by atoms with Crippen LogP contribution < -0.4 is 5.48 Å². The van der Waals surface area contributed by atoms with Gasteiger partial charge in [0.2, 0.25) is 0 Å². The van der Waals surface area contributed by atoms with Gasteiger partial charge in [0.25, 0.3) is 0 Å². The molecule has 0 amide bonds. The van der Waals surface area contributed by atoms with Crippen LogP contribution in [0, 0.1) is 0 Å². The largest absolute Gasteiger partial charge is 0.391 e. The number of hydrogen-bond donors (Lipinski definition) is 2. The van der Waals surface area contributed by atoms with E-state index in [0.717, 1.165) is 5.56 Å². The predicted octanol–water partition coefficient (Wildman–Crippen LogP) is 1.01. The summed E-state index contributed by atoms with van der Waals surface area (Å²) in [4.78, 5) is 5.05. The zero-order chi connectivity index (χ0) is 9.10. The molecule has 2 rings (SSSR count). The molecule has 2 atom stereocenters. The molecule has 0 aromatic heterocycles. The van der Waals surface area contributed by atoms with E-state index >= 15 is 0 Å². The second-order valence-electron chi connectivity index (χ2n) is 3.28. The lowest BCUT2D eigenvalue weighted by Gasteiger charge is -2.27. The van der Waals surface area contributed by atoms with E-state index in [4.69, 9.17) is 4.84 Å². The van der Waals surface area contributed by atoms with Gasteiger partial charge < -0.3 is 5.11 Å². The first-order chi connectivity index (χ1) is 6.36. The van der Waals surface area contributed by atoms with Crippen LogP contribution in [-0.4, -0.2) is 17.8 Å². The summed E-state index contributed by atoms with van der Waals surface area (Å²) < 4.78 is 0. The lowest BCUT2D eigenvalue weighted by atomic mass is 10.0. The Labute approximate surface area is 77.3 Å². The molecule has 70 valence electrons. The van der Waals surface area contributed by atoms with Gasteiger partial charge in [0, 0.05) is 0 Å². The fourth-order valence-electron chi connectivity index (χ4n) is 1.52. The van der Waals surface area contributed by atoms with Crippen LogP contribution in [0.25, 0.3) is 0 Å². The van der Waals surface area contributed by atoms with E-state index in [1.54, 1.807) is 0 Å². The van der Waals surface area contributed by atoms with Crippen molar-refractivity contribution in [1.29, 1.82) is 0 Å². The maximum absolute atomic E-state index is 9.38. The van der Waals surface area contributed by atoms with Crippen molar-refractivity contribution < 1.29 is 9.94 Å². The number of aliphatic hydroxyl groups excluding tert-OH is 1. The SMILES string of the molecule is O[C@H]1CON[C@@H](c2ccccc2)C1. The summed E-state index contributed by atoms with van der Waals surface area (Å²) in [5.74, 6) is 0. The first-order valence-electron chi connectivity index (χ1n) is 4.46. The summed E-state index contributed by atoms with van der Waals surface area (Å²) in [5, 5.41) is 9.38. The van der Waals surface area contributed by atoms with Crippen molar-refractivity contribution in [3.63, 3.8) is 0 Å². The minimum atomic E-state index is -0.355. The van der Waals surface area contributed by atoms with Crippen molar-refractivity contribution in [2.24, 2.45) is 0 Å². The third-order valence-electron chi connectivity index (χ3n) is 2.21. The van der Waals surface area contributed by atoms with Crippen LogP contribution in [0.2, 0.25) is 0 Å². The van der Waals surface area contributed by atoms with Crippen LogP contribution in [0.3, 0.4) is 0 Å². The second kappa shape index (κ2) is 3.87. The maximum Gasteiger partial charge on any atom is 0.0942 e. The van der Waals surface area contributed by atoms with E-state index in [0.29, 0.717) is 13.0 Å². The summed E-state index contributed by atoms with van der Waals surface area (Å²) in [6, 6.07) is 10.1. The zero-order valence-corrected chi connectivity index (χ0v) is 7.31. The second-order valence-corrected chi connectivity index (χ2v) is 3.28. The van der Waals surface area contributed by atoms with Crippen molar-refractivity contribution in [3.05, 3.63) is 35.9 Å². The van der Waals surface area contributed by atoms with Crippen molar-refractivity contribution in [2.75, 3.05) is 6.61 Å². The molecule has 0 radical (unpaired) electrons. The van der Waals surface area contributed by atoms with E-state index < -0.39 is 0 Å². The lowest BCUT2D eigenvalue weighted by Crippen LogP contribution is -2.36. The molecular weight excluding hydrogens is 166 g/mol. The Balaban J connectivity index is 2.08. The predicted molar refractivity (Wildman–Crippen MR) is 48.9 cm³/mol.